The van der Waals surface area contributed by atoms with E-state index in [9.17, 15) is 9.59 Å². The fourth-order valence-corrected chi connectivity index (χ4v) is 3.68. The van der Waals surface area contributed by atoms with E-state index in [0.717, 1.165) is 19.3 Å². The molecule has 1 aromatic rings. The zero-order valence-electron chi connectivity index (χ0n) is 14.6. The molecule has 2 atom stereocenters. The van der Waals surface area contributed by atoms with E-state index in [-0.39, 0.29) is 18.0 Å². The second-order valence-electron chi connectivity index (χ2n) is 6.63. The molecule has 0 spiro atoms. The van der Waals surface area contributed by atoms with Crippen molar-refractivity contribution in [3.05, 3.63) is 23.8 Å². The van der Waals surface area contributed by atoms with Gasteiger partial charge in [-0.3, -0.25) is 9.69 Å². The minimum absolute atomic E-state index is 0.117. The summed E-state index contributed by atoms with van der Waals surface area (Å²) in [6.45, 7) is 1.73. The maximum atomic E-state index is 12.7. The Balaban J connectivity index is 1.79. The lowest BCUT2D eigenvalue weighted by atomic mass is 9.84. The molecule has 1 heterocycles. The van der Waals surface area contributed by atoms with Gasteiger partial charge in [0.05, 0.1) is 12.8 Å². The number of methoxy groups -OCH3 is 1. The summed E-state index contributed by atoms with van der Waals surface area (Å²) >= 11 is 0. The largest absolute Gasteiger partial charge is 0.495 e. The van der Waals surface area contributed by atoms with E-state index >= 15 is 0 Å². The fourth-order valence-electron chi connectivity index (χ4n) is 3.68. The topological polar surface area (TPSA) is 96.7 Å². The summed E-state index contributed by atoms with van der Waals surface area (Å²) in [5, 5.41) is 5.89. The highest BCUT2D eigenvalue weighted by atomic mass is 16.5. The molecule has 136 valence electrons. The van der Waals surface area contributed by atoms with E-state index in [0.29, 0.717) is 42.6 Å². The molecule has 0 radical (unpaired) electrons. The molecule has 4 N–H and O–H groups in total. The van der Waals surface area contributed by atoms with Crippen molar-refractivity contribution >= 4 is 17.6 Å². The molecule has 1 aliphatic heterocycles. The van der Waals surface area contributed by atoms with Crippen molar-refractivity contribution in [2.45, 2.75) is 31.7 Å². The van der Waals surface area contributed by atoms with Crippen LogP contribution < -0.4 is 26.0 Å². The van der Waals surface area contributed by atoms with E-state index < -0.39 is 0 Å². The summed E-state index contributed by atoms with van der Waals surface area (Å²) in [6, 6.07) is 5.13. The van der Waals surface area contributed by atoms with Gasteiger partial charge in [-0.2, -0.15) is 0 Å². The third-order valence-corrected chi connectivity index (χ3v) is 5.12. The minimum Gasteiger partial charge on any atom is -0.495 e. The second kappa shape index (κ2) is 7.74. The zero-order valence-corrected chi connectivity index (χ0v) is 14.6. The normalized spacial score (nSPS) is 23.3. The number of nitrogens with two attached hydrogens (primary N) is 1. The third kappa shape index (κ3) is 3.71. The minimum atomic E-state index is -0.175. The molecule has 1 saturated carbocycles. The molecule has 0 aromatic heterocycles. The number of carbonyl (C=O) groups is 2. The Morgan fingerprint density at radius 3 is 2.88 bits per heavy atom. The van der Waals surface area contributed by atoms with Crippen molar-refractivity contribution in [3.8, 4) is 5.75 Å². The Hall–Kier alpha value is -2.28. The molecule has 7 nitrogen and oxygen atoms in total. The summed E-state index contributed by atoms with van der Waals surface area (Å²) in [6.07, 6.45) is 4.31. The van der Waals surface area contributed by atoms with Gasteiger partial charge in [-0.1, -0.05) is 12.8 Å². The van der Waals surface area contributed by atoms with Gasteiger partial charge in [0.1, 0.15) is 5.75 Å². The third-order valence-electron chi connectivity index (χ3n) is 5.12. The Morgan fingerprint density at radius 1 is 1.40 bits per heavy atom. The first-order valence-corrected chi connectivity index (χ1v) is 8.88. The van der Waals surface area contributed by atoms with E-state index in [1.807, 2.05) is 0 Å². The van der Waals surface area contributed by atoms with Crippen LogP contribution in [0.5, 0.6) is 5.75 Å². The van der Waals surface area contributed by atoms with Crippen LogP contribution in [0.2, 0.25) is 0 Å². The number of urea groups is 1. The first-order valence-electron chi connectivity index (χ1n) is 8.88. The van der Waals surface area contributed by atoms with Crippen LogP contribution in [0.3, 0.4) is 0 Å². The number of rotatable bonds is 5. The highest BCUT2D eigenvalue weighted by molar-refractivity contribution is 6.00. The van der Waals surface area contributed by atoms with E-state index in [4.69, 9.17) is 10.5 Å². The SMILES string of the molecule is COc1ccc(C(=O)N[C@H]2CCCC[C@@H]2CN)cc1N1CCNC1=O. The van der Waals surface area contributed by atoms with Crippen molar-refractivity contribution in [2.75, 3.05) is 31.6 Å². The molecular formula is C18H26N4O3. The van der Waals surface area contributed by atoms with E-state index in [1.165, 1.54) is 6.42 Å². The number of anilines is 1. The molecule has 3 rings (SSSR count). The quantitative estimate of drug-likeness (QED) is 0.752. The molecule has 3 amide bonds. The first-order chi connectivity index (χ1) is 12.1. The zero-order chi connectivity index (χ0) is 17.8. The van der Waals surface area contributed by atoms with Crippen molar-refractivity contribution in [1.29, 1.82) is 0 Å². The highest BCUT2D eigenvalue weighted by Gasteiger charge is 2.28. The van der Waals surface area contributed by atoms with Crippen LogP contribution in [0.15, 0.2) is 18.2 Å². The van der Waals surface area contributed by atoms with Crippen LogP contribution in [0.4, 0.5) is 10.5 Å². The average Bonchev–Trinajstić information content (AvgIpc) is 3.07. The maximum absolute atomic E-state index is 12.7. The van der Waals surface area contributed by atoms with E-state index in [2.05, 4.69) is 10.6 Å². The fraction of sp³-hybridized carbons (Fsp3) is 0.556. The number of benzene rings is 1. The summed E-state index contributed by atoms with van der Waals surface area (Å²) in [5.41, 5.74) is 6.99. The van der Waals surface area contributed by atoms with Crippen molar-refractivity contribution in [1.82, 2.24) is 10.6 Å². The van der Waals surface area contributed by atoms with Gasteiger partial charge in [0.25, 0.3) is 5.91 Å². The number of nitrogens with zero attached hydrogens (tertiary/aromatic N) is 1. The predicted molar refractivity (Wildman–Crippen MR) is 96.0 cm³/mol. The number of amides is 3. The molecule has 2 aliphatic rings. The molecule has 1 aromatic carbocycles. The van der Waals surface area contributed by atoms with Crippen LogP contribution in [0, 0.1) is 5.92 Å². The molecular weight excluding hydrogens is 320 g/mol. The van der Waals surface area contributed by atoms with Gasteiger partial charge in [0.2, 0.25) is 0 Å². The molecule has 1 saturated heterocycles. The van der Waals surface area contributed by atoms with Crippen LogP contribution in [0.1, 0.15) is 36.0 Å². The molecule has 7 heteroatoms. The Labute approximate surface area is 147 Å². The van der Waals surface area contributed by atoms with Crippen LogP contribution in [0.25, 0.3) is 0 Å². The Morgan fingerprint density at radius 2 is 2.20 bits per heavy atom. The van der Waals surface area contributed by atoms with Gasteiger partial charge in [0, 0.05) is 24.7 Å². The van der Waals surface area contributed by atoms with Crippen LogP contribution in [-0.4, -0.2) is 44.7 Å². The summed E-state index contributed by atoms with van der Waals surface area (Å²) in [5.74, 6) is 0.778. The summed E-state index contributed by atoms with van der Waals surface area (Å²) < 4.78 is 5.36. The molecule has 0 unspecified atom stereocenters. The number of hydrogen-bond acceptors (Lipinski definition) is 4. The molecule has 0 bridgehead atoms. The lowest BCUT2D eigenvalue weighted by Gasteiger charge is -2.31. The lowest BCUT2D eigenvalue weighted by Crippen LogP contribution is -2.44. The van der Waals surface area contributed by atoms with Gasteiger partial charge >= 0.3 is 6.03 Å². The van der Waals surface area contributed by atoms with Crippen LogP contribution >= 0.6 is 0 Å². The number of nitrogens with one attached hydrogen (secondary N) is 2. The van der Waals surface area contributed by atoms with Gasteiger partial charge in [-0.05, 0) is 43.5 Å². The standard InChI is InChI=1S/C18H26N4O3/c1-25-16-7-6-12(10-15(16)22-9-8-20-18(22)24)17(23)21-14-5-3-2-4-13(14)11-19/h6-7,10,13-14H,2-5,8-9,11,19H2,1H3,(H,20,24)(H,21,23)/t13-,14+/m1/s1. The summed E-state index contributed by atoms with van der Waals surface area (Å²) in [7, 11) is 1.56. The lowest BCUT2D eigenvalue weighted by molar-refractivity contribution is 0.0908. The van der Waals surface area contributed by atoms with Crippen molar-refractivity contribution < 1.29 is 14.3 Å². The monoisotopic (exact) mass is 346 g/mol. The van der Waals surface area contributed by atoms with Crippen molar-refractivity contribution in [2.24, 2.45) is 11.7 Å². The van der Waals surface area contributed by atoms with Crippen molar-refractivity contribution in [3.63, 3.8) is 0 Å². The van der Waals surface area contributed by atoms with Gasteiger partial charge in [-0.15, -0.1) is 0 Å². The van der Waals surface area contributed by atoms with E-state index in [1.54, 1.807) is 30.2 Å². The van der Waals surface area contributed by atoms with Gasteiger partial charge in [-0.25, -0.2) is 4.79 Å². The molecule has 1 aliphatic carbocycles. The Bertz CT molecular complexity index is 649. The first kappa shape index (κ1) is 17.5. The Kier molecular flexibility index (Phi) is 5.43. The highest BCUT2D eigenvalue weighted by Crippen LogP contribution is 2.31. The van der Waals surface area contributed by atoms with Crippen LogP contribution in [-0.2, 0) is 0 Å². The van der Waals surface area contributed by atoms with Gasteiger partial charge in [0.15, 0.2) is 0 Å². The number of hydrogen-bond donors (Lipinski definition) is 3. The molecule has 25 heavy (non-hydrogen) atoms. The number of carbonyl (C=O) groups excluding carboxylic acids is 2. The average molecular weight is 346 g/mol. The maximum Gasteiger partial charge on any atom is 0.322 e. The smallest absolute Gasteiger partial charge is 0.322 e. The summed E-state index contributed by atoms with van der Waals surface area (Å²) in [4.78, 5) is 26.3. The predicted octanol–water partition coefficient (Wildman–Crippen LogP) is 1.47. The molecule has 2 fully saturated rings. The second-order valence-corrected chi connectivity index (χ2v) is 6.63. The number of ether oxygens (including phenoxy) is 1. The van der Waals surface area contributed by atoms with Gasteiger partial charge < -0.3 is 21.1 Å².